The summed E-state index contributed by atoms with van der Waals surface area (Å²) in [7, 11) is 0. The van der Waals surface area contributed by atoms with Crippen molar-refractivity contribution < 1.29 is 14.6 Å². The standard InChI is InChI=1S/C12H15NO3/c1-8-11(6-7-16-8)13-12(15)9-2-4-10(14)5-3-9/h2-5,8,11,14H,6-7H2,1H3,(H,13,15). The Hall–Kier alpha value is -1.55. The van der Waals surface area contributed by atoms with Crippen LogP contribution >= 0.6 is 0 Å². The molecule has 2 rings (SSSR count). The van der Waals surface area contributed by atoms with Gasteiger partial charge in [0, 0.05) is 12.2 Å². The molecule has 1 aliphatic rings. The third-order valence-corrected chi connectivity index (χ3v) is 2.82. The number of phenols is 1. The fourth-order valence-electron chi connectivity index (χ4n) is 1.79. The van der Waals surface area contributed by atoms with Crippen LogP contribution in [0.25, 0.3) is 0 Å². The molecule has 2 N–H and O–H groups in total. The van der Waals surface area contributed by atoms with Crippen LogP contribution in [-0.2, 0) is 4.74 Å². The summed E-state index contributed by atoms with van der Waals surface area (Å²) >= 11 is 0. The Morgan fingerprint density at radius 1 is 1.44 bits per heavy atom. The molecule has 1 heterocycles. The second kappa shape index (κ2) is 4.53. The van der Waals surface area contributed by atoms with Gasteiger partial charge in [-0.1, -0.05) is 0 Å². The third kappa shape index (κ3) is 2.33. The zero-order valence-electron chi connectivity index (χ0n) is 9.14. The number of rotatable bonds is 2. The maximum absolute atomic E-state index is 11.8. The number of ether oxygens (including phenoxy) is 1. The smallest absolute Gasteiger partial charge is 0.251 e. The lowest BCUT2D eigenvalue weighted by Crippen LogP contribution is -2.39. The lowest BCUT2D eigenvalue weighted by molar-refractivity contribution is 0.0866. The molecule has 1 aromatic carbocycles. The minimum absolute atomic E-state index is 0.0704. The van der Waals surface area contributed by atoms with Crippen molar-refractivity contribution in [1.29, 1.82) is 0 Å². The molecule has 4 heteroatoms. The van der Waals surface area contributed by atoms with Gasteiger partial charge in [-0.05, 0) is 37.6 Å². The number of phenolic OH excluding ortho intramolecular Hbond substituents is 1. The van der Waals surface area contributed by atoms with Gasteiger partial charge in [-0.2, -0.15) is 0 Å². The van der Waals surface area contributed by atoms with Crippen molar-refractivity contribution in [2.45, 2.75) is 25.5 Å². The Labute approximate surface area is 94.2 Å². The Morgan fingerprint density at radius 2 is 2.12 bits per heavy atom. The van der Waals surface area contributed by atoms with E-state index in [4.69, 9.17) is 9.84 Å². The summed E-state index contributed by atoms with van der Waals surface area (Å²) in [6.07, 6.45) is 0.923. The quantitative estimate of drug-likeness (QED) is 0.791. The number of carbonyl (C=O) groups is 1. The van der Waals surface area contributed by atoms with E-state index >= 15 is 0 Å². The highest BCUT2D eigenvalue weighted by Crippen LogP contribution is 2.14. The number of nitrogens with one attached hydrogen (secondary N) is 1. The molecule has 86 valence electrons. The molecule has 1 fully saturated rings. The number of benzene rings is 1. The second-order valence-electron chi connectivity index (χ2n) is 3.99. The van der Waals surface area contributed by atoms with Gasteiger partial charge in [0.2, 0.25) is 0 Å². The van der Waals surface area contributed by atoms with Gasteiger partial charge in [0.25, 0.3) is 5.91 Å². The lowest BCUT2D eigenvalue weighted by atomic mass is 10.1. The zero-order valence-corrected chi connectivity index (χ0v) is 9.14. The van der Waals surface area contributed by atoms with E-state index in [2.05, 4.69) is 5.32 Å². The Balaban J connectivity index is 2.00. The molecule has 2 unspecified atom stereocenters. The first-order valence-corrected chi connectivity index (χ1v) is 5.38. The van der Waals surface area contributed by atoms with Gasteiger partial charge in [-0.25, -0.2) is 0 Å². The van der Waals surface area contributed by atoms with E-state index in [1.165, 1.54) is 12.1 Å². The first-order chi connectivity index (χ1) is 7.66. The van der Waals surface area contributed by atoms with Crippen molar-refractivity contribution in [1.82, 2.24) is 5.32 Å². The number of aromatic hydroxyl groups is 1. The van der Waals surface area contributed by atoms with Gasteiger partial charge in [-0.3, -0.25) is 4.79 Å². The maximum Gasteiger partial charge on any atom is 0.251 e. The van der Waals surface area contributed by atoms with Gasteiger partial charge < -0.3 is 15.2 Å². The Kier molecular flexibility index (Phi) is 3.10. The fourth-order valence-corrected chi connectivity index (χ4v) is 1.79. The highest BCUT2D eigenvalue weighted by Gasteiger charge is 2.25. The summed E-state index contributed by atoms with van der Waals surface area (Å²) < 4.78 is 5.37. The Morgan fingerprint density at radius 3 is 2.69 bits per heavy atom. The molecule has 1 saturated heterocycles. The van der Waals surface area contributed by atoms with Gasteiger partial charge in [-0.15, -0.1) is 0 Å². The van der Waals surface area contributed by atoms with Crippen molar-refractivity contribution in [2.75, 3.05) is 6.61 Å². The fraction of sp³-hybridized carbons (Fsp3) is 0.417. The van der Waals surface area contributed by atoms with Crippen LogP contribution in [0.15, 0.2) is 24.3 Å². The van der Waals surface area contributed by atoms with Crippen molar-refractivity contribution in [3.05, 3.63) is 29.8 Å². The molecule has 1 amide bonds. The van der Waals surface area contributed by atoms with Crippen LogP contribution in [0.2, 0.25) is 0 Å². The molecule has 0 radical (unpaired) electrons. The summed E-state index contributed by atoms with van der Waals surface area (Å²) in [5, 5.41) is 12.0. The topological polar surface area (TPSA) is 58.6 Å². The molecular weight excluding hydrogens is 206 g/mol. The van der Waals surface area contributed by atoms with Crippen LogP contribution in [0.3, 0.4) is 0 Å². The van der Waals surface area contributed by atoms with Crippen LogP contribution < -0.4 is 5.32 Å². The summed E-state index contributed by atoms with van der Waals surface area (Å²) in [6.45, 7) is 2.65. The molecule has 1 aromatic rings. The van der Waals surface area contributed by atoms with E-state index in [1.54, 1.807) is 12.1 Å². The SMILES string of the molecule is CC1OCCC1NC(=O)c1ccc(O)cc1. The number of amides is 1. The normalized spacial score (nSPS) is 24.3. The van der Waals surface area contributed by atoms with Crippen molar-refractivity contribution in [3.63, 3.8) is 0 Å². The van der Waals surface area contributed by atoms with Gasteiger partial charge in [0.15, 0.2) is 0 Å². The molecule has 16 heavy (non-hydrogen) atoms. The zero-order chi connectivity index (χ0) is 11.5. The highest BCUT2D eigenvalue weighted by atomic mass is 16.5. The summed E-state index contributed by atoms with van der Waals surface area (Å²) in [4.78, 5) is 11.8. The largest absolute Gasteiger partial charge is 0.508 e. The number of carbonyl (C=O) groups excluding carboxylic acids is 1. The molecule has 0 bridgehead atoms. The van der Waals surface area contributed by atoms with Crippen molar-refractivity contribution >= 4 is 5.91 Å². The molecule has 0 saturated carbocycles. The number of hydrogen-bond acceptors (Lipinski definition) is 3. The molecule has 4 nitrogen and oxygen atoms in total. The first-order valence-electron chi connectivity index (χ1n) is 5.38. The van der Waals surface area contributed by atoms with E-state index < -0.39 is 0 Å². The van der Waals surface area contributed by atoms with Gasteiger partial charge in [0.1, 0.15) is 5.75 Å². The second-order valence-corrected chi connectivity index (χ2v) is 3.99. The predicted molar refractivity (Wildman–Crippen MR) is 59.4 cm³/mol. The Bertz CT molecular complexity index is 374. The van der Waals surface area contributed by atoms with Gasteiger partial charge >= 0.3 is 0 Å². The molecule has 1 aliphatic heterocycles. The van der Waals surface area contributed by atoms with E-state index in [1.807, 2.05) is 6.92 Å². The molecule has 0 spiro atoms. The molecule has 2 atom stereocenters. The predicted octanol–water partition coefficient (Wildman–Crippen LogP) is 1.30. The maximum atomic E-state index is 11.8. The molecule has 0 aliphatic carbocycles. The lowest BCUT2D eigenvalue weighted by Gasteiger charge is -2.15. The van der Waals surface area contributed by atoms with Crippen LogP contribution in [-0.4, -0.2) is 29.8 Å². The van der Waals surface area contributed by atoms with Crippen molar-refractivity contribution in [3.8, 4) is 5.75 Å². The van der Waals surface area contributed by atoms with Crippen LogP contribution in [0, 0.1) is 0 Å². The van der Waals surface area contributed by atoms with Crippen LogP contribution in [0.5, 0.6) is 5.75 Å². The minimum Gasteiger partial charge on any atom is -0.508 e. The summed E-state index contributed by atoms with van der Waals surface area (Å²) in [5.41, 5.74) is 0.553. The highest BCUT2D eigenvalue weighted by molar-refractivity contribution is 5.94. The van der Waals surface area contributed by atoms with Crippen LogP contribution in [0.1, 0.15) is 23.7 Å². The minimum atomic E-state index is -0.123. The van der Waals surface area contributed by atoms with E-state index in [9.17, 15) is 4.79 Å². The summed E-state index contributed by atoms with van der Waals surface area (Å²) in [5.74, 6) is 0.0384. The van der Waals surface area contributed by atoms with Crippen LogP contribution in [0.4, 0.5) is 0 Å². The van der Waals surface area contributed by atoms with Crippen molar-refractivity contribution in [2.24, 2.45) is 0 Å². The van der Waals surface area contributed by atoms with Gasteiger partial charge in [0.05, 0.1) is 12.1 Å². The van der Waals surface area contributed by atoms with E-state index in [0.29, 0.717) is 12.2 Å². The monoisotopic (exact) mass is 221 g/mol. The molecule has 0 aromatic heterocycles. The third-order valence-electron chi connectivity index (χ3n) is 2.82. The number of hydrogen-bond donors (Lipinski definition) is 2. The summed E-state index contributed by atoms with van der Waals surface area (Å²) in [6, 6.07) is 6.30. The first kappa shape index (κ1) is 11.0. The average molecular weight is 221 g/mol. The van der Waals surface area contributed by atoms with E-state index in [-0.39, 0.29) is 23.8 Å². The molecular formula is C12H15NO3. The van der Waals surface area contributed by atoms with E-state index in [0.717, 1.165) is 6.42 Å². The average Bonchev–Trinajstić information content (AvgIpc) is 2.65.